The molecule has 220 valence electrons. The van der Waals surface area contributed by atoms with Crippen molar-refractivity contribution in [2.45, 2.75) is 37.9 Å². The third-order valence-electron chi connectivity index (χ3n) is 7.72. The van der Waals surface area contributed by atoms with Crippen molar-refractivity contribution in [1.29, 1.82) is 0 Å². The molecule has 3 heterocycles. The highest BCUT2D eigenvalue weighted by Crippen LogP contribution is 2.43. The number of carbonyl (C=O) groups excluding carboxylic acids is 4. The summed E-state index contributed by atoms with van der Waals surface area (Å²) in [5, 5.41) is 12.8. The molecule has 5 N–H and O–H groups in total. The average Bonchev–Trinajstić information content (AvgIpc) is 3.66. The molecule has 1 saturated heterocycles. The average molecular weight is 605 g/mol. The Balaban J connectivity index is 1.21. The lowest BCUT2D eigenvalue weighted by atomic mass is 9.97. The summed E-state index contributed by atoms with van der Waals surface area (Å²) in [6.07, 6.45) is 2.33. The van der Waals surface area contributed by atoms with Gasteiger partial charge in [-0.3, -0.25) is 19.1 Å². The number of benzene rings is 2. The summed E-state index contributed by atoms with van der Waals surface area (Å²) in [7, 11) is 0. The van der Waals surface area contributed by atoms with Gasteiger partial charge in [0.15, 0.2) is 5.69 Å². The first-order valence-corrected chi connectivity index (χ1v) is 13.9. The number of nitrogens with zero attached hydrogens (tertiary/aromatic N) is 4. The minimum absolute atomic E-state index is 0.0100. The fourth-order valence-electron chi connectivity index (χ4n) is 5.99. The van der Waals surface area contributed by atoms with Crippen LogP contribution in [0, 0.1) is 11.7 Å². The van der Waals surface area contributed by atoms with Crippen LogP contribution in [0.1, 0.15) is 29.8 Å². The molecule has 2 aliphatic rings. The summed E-state index contributed by atoms with van der Waals surface area (Å²) in [6.45, 7) is -0.237. The molecule has 1 aliphatic carbocycles. The number of anilines is 3. The van der Waals surface area contributed by atoms with Gasteiger partial charge in [0.1, 0.15) is 29.4 Å². The van der Waals surface area contributed by atoms with Crippen LogP contribution in [0.4, 0.5) is 26.4 Å². The van der Waals surface area contributed by atoms with Gasteiger partial charge in [-0.15, -0.1) is 0 Å². The van der Waals surface area contributed by atoms with Crippen molar-refractivity contribution in [1.82, 2.24) is 19.7 Å². The molecule has 12 nitrogen and oxygen atoms in total. The highest BCUT2D eigenvalue weighted by molar-refractivity contribution is 6.29. The summed E-state index contributed by atoms with van der Waals surface area (Å²) in [4.78, 5) is 57.5. The highest BCUT2D eigenvalue weighted by atomic mass is 35.5. The number of rotatable bonds is 7. The van der Waals surface area contributed by atoms with Gasteiger partial charge in [0.2, 0.25) is 11.8 Å². The Morgan fingerprint density at radius 1 is 0.977 bits per heavy atom. The van der Waals surface area contributed by atoms with Crippen molar-refractivity contribution >= 4 is 63.4 Å². The van der Waals surface area contributed by atoms with Gasteiger partial charge >= 0.3 is 6.03 Å². The number of nitrogens with one attached hydrogen (secondary N) is 3. The summed E-state index contributed by atoms with van der Waals surface area (Å²) < 4.78 is 14.8. The maximum Gasteiger partial charge on any atom is 0.323 e. The Morgan fingerprint density at radius 2 is 1.74 bits per heavy atom. The molecule has 0 unspecified atom stereocenters. The monoisotopic (exact) mass is 604 g/mol. The third kappa shape index (κ3) is 5.71. The van der Waals surface area contributed by atoms with Crippen LogP contribution in [0.3, 0.4) is 0 Å². The second-order valence-corrected chi connectivity index (χ2v) is 10.9. The van der Waals surface area contributed by atoms with Crippen LogP contribution in [0.2, 0.25) is 5.15 Å². The van der Waals surface area contributed by atoms with Crippen molar-refractivity contribution in [2.24, 2.45) is 11.7 Å². The smallest absolute Gasteiger partial charge is 0.323 e. The number of nitrogens with two attached hydrogens (primary N) is 1. The van der Waals surface area contributed by atoms with Gasteiger partial charge in [0.25, 0.3) is 5.91 Å². The minimum atomic E-state index is -0.816. The number of primary amides is 1. The topological polar surface area (TPSA) is 164 Å². The van der Waals surface area contributed by atoms with E-state index in [4.69, 9.17) is 17.3 Å². The number of pyridine rings is 1. The summed E-state index contributed by atoms with van der Waals surface area (Å²) in [6, 6.07) is 13.6. The zero-order valence-corrected chi connectivity index (χ0v) is 23.3. The zero-order valence-electron chi connectivity index (χ0n) is 22.6. The Kier molecular flexibility index (Phi) is 7.40. The number of hydrogen-bond donors (Lipinski definition) is 4. The summed E-state index contributed by atoms with van der Waals surface area (Å²) in [5.74, 6) is -1.68. The fraction of sp³-hybridized carbons (Fsp3) is 0.241. The summed E-state index contributed by atoms with van der Waals surface area (Å²) >= 11 is 5.96. The molecule has 3 atom stereocenters. The molecule has 43 heavy (non-hydrogen) atoms. The molecule has 0 spiro atoms. The van der Waals surface area contributed by atoms with Crippen LogP contribution in [-0.4, -0.2) is 55.5 Å². The first-order valence-electron chi connectivity index (χ1n) is 13.5. The highest BCUT2D eigenvalue weighted by Gasteiger charge is 2.51. The number of fused-ring (bicyclic) bond motifs is 3. The van der Waals surface area contributed by atoms with Gasteiger partial charge < -0.3 is 26.6 Å². The molecule has 2 aromatic heterocycles. The van der Waals surface area contributed by atoms with E-state index in [2.05, 4.69) is 26.0 Å². The number of piperidine rings is 1. The number of aromatic nitrogens is 3. The van der Waals surface area contributed by atoms with Crippen LogP contribution < -0.4 is 21.7 Å². The van der Waals surface area contributed by atoms with Crippen molar-refractivity contribution in [2.75, 3.05) is 16.0 Å². The molecule has 6 rings (SSSR count). The first kappa shape index (κ1) is 28.1. The normalized spacial score (nSPS) is 18.9. The molecule has 1 saturated carbocycles. The van der Waals surface area contributed by atoms with E-state index >= 15 is 0 Å². The van der Waals surface area contributed by atoms with Crippen LogP contribution in [-0.2, 0) is 16.1 Å². The Hall–Kier alpha value is -5.04. The Bertz CT molecular complexity index is 1780. The van der Waals surface area contributed by atoms with E-state index < -0.39 is 23.8 Å². The van der Waals surface area contributed by atoms with E-state index in [9.17, 15) is 23.6 Å². The van der Waals surface area contributed by atoms with Gasteiger partial charge in [-0.2, -0.15) is 5.10 Å². The molecule has 5 amide bonds. The lowest BCUT2D eigenvalue weighted by Gasteiger charge is -2.34. The standard InChI is InChI=1S/C29H26ClFN8O4/c30-22-5-2-6-23(35-22)36-28(42)26-15-7-9-19(11-15)39(26)24(40)14-38-21-10-8-18(13-20(21)25(37-38)27(32)41)34-29(43)33-17-4-1-3-16(31)12-17/h1-6,8,10,12-13,15,19,26H,7,9,11,14H2,(H2,32,41)(H2,33,34,43)(H,35,36,42)/t15-,19+,26-/m0/s1. The molecule has 14 heteroatoms. The van der Waals surface area contributed by atoms with E-state index in [1.54, 1.807) is 35.2 Å². The van der Waals surface area contributed by atoms with Crippen molar-refractivity contribution < 1.29 is 23.6 Å². The van der Waals surface area contributed by atoms with Gasteiger partial charge in [0.05, 0.1) is 5.52 Å². The minimum Gasteiger partial charge on any atom is -0.364 e. The van der Waals surface area contributed by atoms with E-state index in [1.807, 2.05) is 0 Å². The predicted octanol–water partition coefficient (Wildman–Crippen LogP) is 3.98. The van der Waals surface area contributed by atoms with Gasteiger partial charge in [0, 0.05) is 22.8 Å². The predicted molar refractivity (Wildman–Crippen MR) is 157 cm³/mol. The maximum absolute atomic E-state index is 13.7. The number of carbonyl (C=O) groups is 4. The van der Waals surface area contributed by atoms with Crippen LogP contribution in [0.25, 0.3) is 10.9 Å². The summed E-state index contributed by atoms with van der Waals surface area (Å²) in [5.41, 5.74) is 6.53. The molecule has 2 aromatic carbocycles. The molecular formula is C29H26ClFN8O4. The van der Waals surface area contributed by atoms with Gasteiger partial charge in [-0.1, -0.05) is 23.7 Å². The molecule has 2 bridgehead atoms. The lowest BCUT2D eigenvalue weighted by Crippen LogP contribution is -2.52. The van der Waals surface area contributed by atoms with Gasteiger partial charge in [-0.25, -0.2) is 14.2 Å². The molecular weight excluding hydrogens is 579 g/mol. The molecule has 2 fully saturated rings. The molecule has 0 radical (unpaired) electrons. The van der Waals surface area contributed by atoms with E-state index in [0.29, 0.717) is 28.8 Å². The number of halogens is 2. The number of urea groups is 1. The zero-order chi connectivity index (χ0) is 30.2. The largest absolute Gasteiger partial charge is 0.364 e. The van der Waals surface area contributed by atoms with Crippen molar-refractivity contribution in [3.63, 3.8) is 0 Å². The number of amides is 5. The SMILES string of the molecule is NC(=O)c1nn(CC(=O)N2[C@@H]3CC[C@@H](C3)[C@H]2C(=O)Nc2cccc(Cl)n2)c2ccc(NC(=O)Nc3cccc(F)c3)cc12. The lowest BCUT2D eigenvalue weighted by molar-refractivity contribution is -0.141. The molecule has 4 aromatic rings. The van der Waals surface area contributed by atoms with E-state index in [1.165, 1.54) is 35.0 Å². The fourth-order valence-corrected chi connectivity index (χ4v) is 6.16. The molecule has 1 aliphatic heterocycles. The second-order valence-electron chi connectivity index (χ2n) is 10.5. The third-order valence-corrected chi connectivity index (χ3v) is 7.93. The number of likely N-dealkylation sites (tertiary alicyclic amines) is 1. The van der Waals surface area contributed by atoms with Crippen LogP contribution >= 0.6 is 11.6 Å². The number of hydrogen-bond acceptors (Lipinski definition) is 6. The van der Waals surface area contributed by atoms with Crippen LogP contribution in [0.15, 0.2) is 60.7 Å². The van der Waals surface area contributed by atoms with Crippen LogP contribution in [0.5, 0.6) is 0 Å². The second kappa shape index (κ2) is 11.3. The van der Waals surface area contributed by atoms with Crippen molar-refractivity contribution in [3.05, 3.63) is 77.3 Å². The maximum atomic E-state index is 13.7. The Labute approximate surface area is 249 Å². The van der Waals surface area contributed by atoms with Gasteiger partial charge in [-0.05, 0) is 73.7 Å². The van der Waals surface area contributed by atoms with Crippen molar-refractivity contribution in [3.8, 4) is 0 Å². The Morgan fingerprint density at radius 3 is 2.49 bits per heavy atom. The van der Waals surface area contributed by atoms with E-state index in [0.717, 1.165) is 12.8 Å². The first-order chi connectivity index (χ1) is 20.7. The quantitative estimate of drug-likeness (QED) is 0.233. The van der Waals surface area contributed by atoms with E-state index in [-0.39, 0.29) is 46.9 Å².